The highest BCUT2D eigenvalue weighted by Gasteiger charge is 2.25. The first-order chi connectivity index (χ1) is 8.40. The lowest BCUT2D eigenvalue weighted by Crippen LogP contribution is -2.41. The summed E-state index contributed by atoms with van der Waals surface area (Å²) in [6.45, 7) is 0.511. The number of aliphatic carboxylic acids is 2. The highest BCUT2D eigenvalue weighted by Crippen LogP contribution is 2.22. The Morgan fingerprint density at radius 2 is 2.11 bits per heavy atom. The summed E-state index contributed by atoms with van der Waals surface area (Å²) < 4.78 is 1.03. The van der Waals surface area contributed by atoms with Crippen molar-refractivity contribution in [2.24, 2.45) is 0 Å². The molecule has 2 N–H and O–H groups in total. The number of rotatable bonds is 7. The fourth-order valence-corrected chi connectivity index (χ4v) is 3.00. The third-order valence-corrected chi connectivity index (χ3v) is 4.21. The summed E-state index contributed by atoms with van der Waals surface area (Å²) in [5, 5.41) is 17.7. The van der Waals surface area contributed by atoms with Crippen LogP contribution in [0.4, 0.5) is 0 Å². The molecule has 0 spiro atoms. The van der Waals surface area contributed by atoms with E-state index in [-0.39, 0.29) is 6.42 Å². The molecule has 1 aromatic heterocycles. The van der Waals surface area contributed by atoms with Crippen LogP contribution in [0.1, 0.15) is 11.3 Å². The average Bonchev–Trinajstić information content (AvgIpc) is 2.68. The van der Waals surface area contributed by atoms with Crippen molar-refractivity contribution < 1.29 is 19.8 Å². The lowest BCUT2D eigenvalue weighted by atomic mass is 10.1. The molecule has 0 radical (unpaired) electrons. The Morgan fingerprint density at radius 3 is 2.56 bits per heavy atom. The third kappa shape index (κ3) is 4.75. The highest BCUT2D eigenvalue weighted by molar-refractivity contribution is 9.11. The van der Waals surface area contributed by atoms with E-state index < -0.39 is 18.0 Å². The van der Waals surface area contributed by atoms with E-state index in [4.69, 9.17) is 10.2 Å². The summed E-state index contributed by atoms with van der Waals surface area (Å²) in [5.41, 5.74) is 0. The quantitative estimate of drug-likeness (QED) is 0.795. The normalized spacial score (nSPS) is 12.6. The van der Waals surface area contributed by atoms with E-state index in [9.17, 15) is 9.59 Å². The van der Waals surface area contributed by atoms with E-state index in [2.05, 4.69) is 15.9 Å². The summed E-state index contributed by atoms with van der Waals surface area (Å²) in [5.74, 6) is -2.21. The predicted octanol–water partition coefficient (Wildman–Crippen LogP) is 1.91. The first-order valence-electron chi connectivity index (χ1n) is 5.29. The summed E-state index contributed by atoms with van der Waals surface area (Å²) >= 11 is 4.95. The summed E-state index contributed by atoms with van der Waals surface area (Å²) in [4.78, 5) is 24.3. The predicted molar refractivity (Wildman–Crippen MR) is 72.0 cm³/mol. The van der Waals surface area contributed by atoms with E-state index in [0.29, 0.717) is 13.0 Å². The Kier molecular flexibility index (Phi) is 5.77. The SMILES string of the molecule is CN(CCc1ccc(Br)s1)C(CC(=O)O)C(=O)O. The van der Waals surface area contributed by atoms with Gasteiger partial charge in [-0.05, 0) is 41.5 Å². The molecular formula is C11H14BrNO4S. The maximum Gasteiger partial charge on any atom is 0.321 e. The maximum atomic E-state index is 11.0. The van der Waals surface area contributed by atoms with Gasteiger partial charge < -0.3 is 10.2 Å². The van der Waals surface area contributed by atoms with Gasteiger partial charge in [0.05, 0.1) is 10.2 Å². The standard InChI is InChI=1S/C11H14BrNO4S/c1-13(8(11(16)17)6-10(14)15)5-4-7-2-3-9(12)18-7/h2-3,8H,4-6H2,1H3,(H,14,15)(H,16,17). The molecule has 1 rings (SSSR count). The lowest BCUT2D eigenvalue weighted by molar-refractivity contribution is -0.149. The minimum Gasteiger partial charge on any atom is -0.481 e. The number of likely N-dealkylation sites (N-methyl/N-ethyl adjacent to an activating group) is 1. The molecule has 0 aliphatic rings. The van der Waals surface area contributed by atoms with Crippen LogP contribution in [0.2, 0.25) is 0 Å². The van der Waals surface area contributed by atoms with Crippen molar-refractivity contribution in [3.05, 3.63) is 20.8 Å². The molecule has 0 bridgehead atoms. The molecular weight excluding hydrogens is 322 g/mol. The summed E-state index contributed by atoms with van der Waals surface area (Å²) in [7, 11) is 1.63. The van der Waals surface area contributed by atoms with E-state index in [0.717, 1.165) is 8.66 Å². The fourth-order valence-electron chi connectivity index (χ4n) is 1.53. The number of hydrogen-bond donors (Lipinski definition) is 2. The second-order valence-electron chi connectivity index (χ2n) is 3.89. The number of carboxylic acid groups (broad SMARTS) is 2. The topological polar surface area (TPSA) is 77.8 Å². The van der Waals surface area contributed by atoms with E-state index in [1.54, 1.807) is 23.3 Å². The molecule has 1 unspecified atom stereocenters. The second kappa shape index (κ2) is 6.86. The van der Waals surface area contributed by atoms with Crippen molar-refractivity contribution in [2.75, 3.05) is 13.6 Å². The van der Waals surface area contributed by atoms with Crippen LogP contribution in [0.3, 0.4) is 0 Å². The number of carboxylic acids is 2. The first-order valence-corrected chi connectivity index (χ1v) is 6.90. The third-order valence-electron chi connectivity index (χ3n) is 2.52. The highest BCUT2D eigenvalue weighted by atomic mass is 79.9. The number of hydrogen-bond acceptors (Lipinski definition) is 4. The van der Waals surface area contributed by atoms with Crippen LogP contribution in [0, 0.1) is 0 Å². The van der Waals surface area contributed by atoms with Gasteiger partial charge in [0.15, 0.2) is 0 Å². The van der Waals surface area contributed by atoms with Gasteiger partial charge in [-0.25, -0.2) is 0 Å². The van der Waals surface area contributed by atoms with E-state index >= 15 is 0 Å². The van der Waals surface area contributed by atoms with Crippen LogP contribution in [0.5, 0.6) is 0 Å². The van der Waals surface area contributed by atoms with E-state index in [1.807, 2.05) is 12.1 Å². The van der Waals surface area contributed by atoms with Gasteiger partial charge in [-0.2, -0.15) is 0 Å². The van der Waals surface area contributed by atoms with Gasteiger partial charge in [0.25, 0.3) is 0 Å². The van der Waals surface area contributed by atoms with Gasteiger partial charge in [0, 0.05) is 11.4 Å². The molecule has 1 atom stereocenters. The molecule has 0 saturated heterocycles. The second-order valence-corrected chi connectivity index (χ2v) is 6.44. The monoisotopic (exact) mass is 335 g/mol. The number of nitrogens with zero attached hydrogens (tertiary/aromatic N) is 1. The minimum absolute atomic E-state index is 0.389. The van der Waals surface area contributed by atoms with Gasteiger partial charge in [-0.1, -0.05) is 0 Å². The maximum absolute atomic E-state index is 11.0. The molecule has 0 aliphatic heterocycles. The van der Waals surface area contributed by atoms with Crippen molar-refractivity contribution in [3.8, 4) is 0 Å². The molecule has 5 nitrogen and oxygen atoms in total. The molecule has 1 aromatic rings. The summed E-state index contributed by atoms with van der Waals surface area (Å²) in [6, 6.07) is 2.92. The zero-order chi connectivity index (χ0) is 13.7. The smallest absolute Gasteiger partial charge is 0.321 e. The Bertz CT molecular complexity index is 434. The molecule has 0 aromatic carbocycles. The van der Waals surface area contributed by atoms with Crippen LogP contribution in [-0.2, 0) is 16.0 Å². The molecule has 18 heavy (non-hydrogen) atoms. The minimum atomic E-state index is -1.10. The van der Waals surface area contributed by atoms with Gasteiger partial charge in [0.1, 0.15) is 6.04 Å². The van der Waals surface area contributed by atoms with Crippen molar-refractivity contribution in [2.45, 2.75) is 18.9 Å². The molecule has 0 amide bonds. The zero-order valence-electron chi connectivity index (χ0n) is 9.80. The van der Waals surface area contributed by atoms with Crippen molar-refractivity contribution >= 4 is 39.2 Å². The van der Waals surface area contributed by atoms with Gasteiger partial charge >= 0.3 is 11.9 Å². The average molecular weight is 336 g/mol. The van der Waals surface area contributed by atoms with Crippen molar-refractivity contribution in [1.29, 1.82) is 0 Å². The fraction of sp³-hybridized carbons (Fsp3) is 0.455. The first kappa shape index (κ1) is 15.1. The number of halogens is 1. The lowest BCUT2D eigenvalue weighted by Gasteiger charge is -2.22. The molecule has 0 saturated carbocycles. The van der Waals surface area contributed by atoms with Crippen molar-refractivity contribution in [1.82, 2.24) is 4.90 Å². The zero-order valence-corrected chi connectivity index (χ0v) is 12.2. The molecule has 7 heteroatoms. The van der Waals surface area contributed by atoms with Crippen LogP contribution >= 0.6 is 27.3 Å². The number of carbonyl (C=O) groups is 2. The molecule has 100 valence electrons. The number of thiophene rings is 1. The van der Waals surface area contributed by atoms with Gasteiger partial charge in [-0.3, -0.25) is 14.5 Å². The van der Waals surface area contributed by atoms with Crippen LogP contribution in [-0.4, -0.2) is 46.7 Å². The Balaban J connectivity index is 2.53. The van der Waals surface area contributed by atoms with Crippen LogP contribution < -0.4 is 0 Å². The Labute approximate surface area is 117 Å². The van der Waals surface area contributed by atoms with Crippen LogP contribution in [0.25, 0.3) is 0 Å². The van der Waals surface area contributed by atoms with Crippen molar-refractivity contribution in [3.63, 3.8) is 0 Å². The Morgan fingerprint density at radius 1 is 1.44 bits per heavy atom. The van der Waals surface area contributed by atoms with Crippen LogP contribution in [0.15, 0.2) is 15.9 Å². The Hall–Kier alpha value is -0.920. The van der Waals surface area contributed by atoms with E-state index in [1.165, 1.54) is 0 Å². The van der Waals surface area contributed by atoms with Gasteiger partial charge in [-0.15, -0.1) is 11.3 Å². The summed E-state index contributed by atoms with van der Waals surface area (Å²) in [6.07, 6.45) is 0.316. The largest absolute Gasteiger partial charge is 0.481 e. The molecule has 0 fully saturated rings. The molecule has 0 aliphatic carbocycles. The molecule has 1 heterocycles. The van der Waals surface area contributed by atoms with Gasteiger partial charge in [0.2, 0.25) is 0 Å².